The molecule has 90 valence electrons. The summed E-state index contributed by atoms with van der Waals surface area (Å²) in [6.45, 7) is 2.86. The van der Waals surface area contributed by atoms with Gasteiger partial charge in [-0.1, -0.05) is 24.3 Å². The number of furan rings is 1. The predicted molar refractivity (Wildman–Crippen MR) is 71.4 cm³/mol. The maximum atomic E-state index is 5.40. The number of nitrogens with zero attached hydrogens (tertiary/aromatic N) is 2. The minimum Gasteiger partial charge on any atom is -0.463 e. The molecular formula is C14H13N3O. The lowest BCUT2D eigenvalue weighted by atomic mass is 10.1. The topological polar surface area (TPSA) is 51.0 Å². The first-order valence-electron chi connectivity index (χ1n) is 5.93. The van der Waals surface area contributed by atoms with Gasteiger partial charge in [0.2, 0.25) is 0 Å². The highest BCUT2D eigenvalue weighted by molar-refractivity contribution is 5.99. The lowest BCUT2D eigenvalue weighted by molar-refractivity contribution is 0.579. The Bertz CT molecular complexity index is 662. The van der Waals surface area contributed by atoms with E-state index in [0.717, 1.165) is 34.6 Å². The quantitative estimate of drug-likeness (QED) is 0.761. The largest absolute Gasteiger partial charge is 0.463 e. The Morgan fingerprint density at radius 3 is 2.61 bits per heavy atom. The number of hydrogen-bond acceptors (Lipinski definition) is 4. The summed E-state index contributed by atoms with van der Waals surface area (Å²) in [4.78, 5) is 0. The fourth-order valence-electron chi connectivity index (χ4n) is 2.00. The van der Waals surface area contributed by atoms with Crippen LogP contribution in [0.1, 0.15) is 6.92 Å². The Kier molecular flexibility index (Phi) is 2.68. The molecule has 0 saturated heterocycles. The zero-order valence-corrected chi connectivity index (χ0v) is 10.1. The van der Waals surface area contributed by atoms with E-state index >= 15 is 0 Å². The molecule has 0 aliphatic rings. The Labute approximate surface area is 105 Å². The summed E-state index contributed by atoms with van der Waals surface area (Å²) >= 11 is 0. The highest BCUT2D eigenvalue weighted by Crippen LogP contribution is 2.29. The predicted octanol–water partition coefficient (Wildman–Crippen LogP) is 3.32. The number of fused-ring (bicyclic) bond motifs is 1. The molecular weight excluding hydrogens is 226 g/mol. The molecule has 0 radical (unpaired) electrons. The van der Waals surface area contributed by atoms with Gasteiger partial charge in [-0.25, -0.2) is 0 Å². The third kappa shape index (κ3) is 1.72. The zero-order valence-electron chi connectivity index (χ0n) is 10.1. The van der Waals surface area contributed by atoms with Crippen molar-refractivity contribution in [1.82, 2.24) is 10.2 Å². The van der Waals surface area contributed by atoms with Crippen LogP contribution in [-0.2, 0) is 0 Å². The smallest absolute Gasteiger partial charge is 0.156 e. The lowest BCUT2D eigenvalue weighted by Gasteiger charge is -2.08. The van der Waals surface area contributed by atoms with Crippen LogP contribution in [0.5, 0.6) is 0 Å². The molecule has 2 aromatic heterocycles. The van der Waals surface area contributed by atoms with Gasteiger partial charge in [0.15, 0.2) is 11.6 Å². The van der Waals surface area contributed by atoms with Gasteiger partial charge in [0.1, 0.15) is 5.69 Å². The minimum atomic E-state index is 0.738. The summed E-state index contributed by atoms with van der Waals surface area (Å²) < 4.78 is 5.40. The average Bonchev–Trinajstić information content (AvgIpc) is 2.93. The summed E-state index contributed by atoms with van der Waals surface area (Å²) in [5, 5.41) is 13.8. The summed E-state index contributed by atoms with van der Waals surface area (Å²) in [6, 6.07) is 11.8. The molecule has 0 amide bonds. The molecule has 1 aromatic carbocycles. The van der Waals surface area contributed by atoms with Crippen molar-refractivity contribution in [3.63, 3.8) is 0 Å². The van der Waals surface area contributed by atoms with Crippen molar-refractivity contribution in [1.29, 1.82) is 0 Å². The molecule has 0 spiro atoms. The van der Waals surface area contributed by atoms with Gasteiger partial charge >= 0.3 is 0 Å². The lowest BCUT2D eigenvalue weighted by Crippen LogP contribution is -2.02. The van der Waals surface area contributed by atoms with Crippen molar-refractivity contribution in [3.05, 3.63) is 42.7 Å². The molecule has 4 heteroatoms. The van der Waals surface area contributed by atoms with E-state index in [1.165, 1.54) is 0 Å². The van der Waals surface area contributed by atoms with Crippen LogP contribution in [0.15, 0.2) is 47.1 Å². The number of anilines is 1. The van der Waals surface area contributed by atoms with Crippen molar-refractivity contribution in [2.45, 2.75) is 6.92 Å². The first kappa shape index (κ1) is 10.8. The van der Waals surface area contributed by atoms with Crippen molar-refractivity contribution in [2.24, 2.45) is 0 Å². The van der Waals surface area contributed by atoms with E-state index in [1.807, 2.05) is 43.3 Å². The van der Waals surface area contributed by atoms with Gasteiger partial charge in [0, 0.05) is 17.3 Å². The normalized spacial score (nSPS) is 10.7. The second-order valence-corrected chi connectivity index (χ2v) is 3.95. The molecule has 0 atom stereocenters. The summed E-state index contributed by atoms with van der Waals surface area (Å²) in [7, 11) is 0. The first-order valence-corrected chi connectivity index (χ1v) is 5.93. The molecule has 0 saturated carbocycles. The van der Waals surface area contributed by atoms with Crippen molar-refractivity contribution in [3.8, 4) is 11.5 Å². The number of rotatable bonds is 3. The Balaban J connectivity index is 2.26. The monoisotopic (exact) mass is 239 g/mol. The van der Waals surface area contributed by atoms with E-state index in [4.69, 9.17) is 4.42 Å². The van der Waals surface area contributed by atoms with E-state index in [-0.39, 0.29) is 0 Å². The highest BCUT2D eigenvalue weighted by atomic mass is 16.3. The third-order valence-electron chi connectivity index (χ3n) is 2.79. The molecule has 2 heterocycles. The second-order valence-electron chi connectivity index (χ2n) is 3.95. The average molecular weight is 239 g/mol. The van der Waals surface area contributed by atoms with Crippen LogP contribution in [0, 0.1) is 0 Å². The van der Waals surface area contributed by atoms with Crippen LogP contribution in [0.2, 0.25) is 0 Å². The van der Waals surface area contributed by atoms with Crippen molar-refractivity contribution in [2.75, 3.05) is 11.9 Å². The first-order chi connectivity index (χ1) is 8.90. The zero-order chi connectivity index (χ0) is 12.4. The fraction of sp³-hybridized carbons (Fsp3) is 0.143. The van der Waals surface area contributed by atoms with Crippen LogP contribution in [0.3, 0.4) is 0 Å². The van der Waals surface area contributed by atoms with Gasteiger partial charge in [0.25, 0.3) is 0 Å². The SMILES string of the molecule is CCNc1nnc(-c2ccco2)c2ccccc12. The highest BCUT2D eigenvalue weighted by Gasteiger charge is 2.11. The van der Waals surface area contributed by atoms with Crippen LogP contribution >= 0.6 is 0 Å². The van der Waals surface area contributed by atoms with Gasteiger partial charge in [0.05, 0.1) is 6.26 Å². The fourth-order valence-corrected chi connectivity index (χ4v) is 2.00. The van der Waals surface area contributed by atoms with Gasteiger partial charge in [-0.2, -0.15) is 0 Å². The van der Waals surface area contributed by atoms with E-state index in [9.17, 15) is 0 Å². The molecule has 0 aliphatic carbocycles. The van der Waals surface area contributed by atoms with E-state index in [0.29, 0.717) is 0 Å². The van der Waals surface area contributed by atoms with Crippen LogP contribution in [-0.4, -0.2) is 16.7 Å². The summed E-state index contributed by atoms with van der Waals surface area (Å²) in [5.41, 5.74) is 0.775. The molecule has 0 aliphatic heterocycles. The van der Waals surface area contributed by atoms with Gasteiger partial charge in [-0.15, -0.1) is 10.2 Å². The van der Waals surface area contributed by atoms with E-state index in [2.05, 4.69) is 15.5 Å². The minimum absolute atomic E-state index is 0.738. The maximum Gasteiger partial charge on any atom is 0.156 e. The molecule has 3 aromatic rings. The molecule has 0 fully saturated rings. The van der Waals surface area contributed by atoms with Gasteiger partial charge in [-0.3, -0.25) is 0 Å². The number of benzene rings is 1. The van der Waals surface area contributed by atoms with Gasteiger partial charge < -0.3 is 9.73 Å². The molecule has 0 bridgehead atoms. The number of aromatic nitrogens is 2. The van der Waals surface area contributed by atoms with E-state index in [1.54, 1.807) is 6.26 Å². The molecule has 1 N–H and O–H groups in total. The Morgan fingerprint density at radius 1 is 1.06 bits per heavy atom. The van der Waals surface area contributed by atoms with E-state index < -0.39 is 0 Å². The molecule has 18 heavy (non-hydrogen) atoms. The summed E-state index contributed by atoms with van der Waals surface area (Å²) in [5.74, 6) is 1.55. The molecule has 4 nitrogen and oxygen atoms in total. The number of hydrogen-bond donors (Lipinski definition) is 1. The standard InChI is InChI=1S/C14H13N3O/c1-2-15-14-11-7-4-3-6-10(11)13(16-17-14)12-8-5-9-18-12/h3-9H,2H2,1H3,(H,15,17). The van der Waals surface area contributed by atoms with Gasteiger partial charge in [-0.05, 0) is 19.1 Å². The second kappa shape index (κ2) is 4.49. The van der Waals surface area contributed by atoms with Crippen LogP contribution < -0.4 is 5.32 Å². The molecule has 0 unspecified atom stereocenters. The van der Waals surface area contributed by atoms with Crippen LogP contribution in [0.25, 0.3) is 22.2 Å². The maximum absolute atomic E-state index is 5.40. The Hall–Kier alpha value is -2.36. The summed E-state index contributed by atoms with van der Waals surface area (Å²) in [6.07, 6.45) is 1.64. The van der Waals surface area contributed by atoms with Crippen LogP contribution in [0.4, 0.5) is 5.82 Å². The number of nitrogens with one attached hydrogen (secondary N) is 1. The molecule has 3 rings (SSSR count). The van der Waals surface area contributed by atoms with Crippen molar-refractivity contribution >= 4 is 16.6 Å². The third-order valence-corrected chi connectivity index (χ3v) is 2.79. The Morgan fingerprint density at radius 2 is 1.89 bits per heavy atom. The van der Waals surface area contributed by atoms with Crippen molar-refractivity contribution < 1.29 is 4.42 Å².